The van der Waals surface area contributed by atoms with Gasteiger partial charge in [0, 0.05) is 24.7 Å². The number of benzene rings is 1. The van der Waals surface area contributed by atoms with E-state index in [9.17, 15) is 13.6 Å². The normalized spacial score (nSPS) is 19.4. The topological polar surface area (TPSA) is 55.6 Å². The number of nitrogens with zero attached hydrogens (tertiary/aromatic N) is 1. The number of hydrogen-bond donors (Lipinski definition) is 1. The summed E-state index contributed by atoms with van der Waals surface area (Å²) < 4.78 is 28.8. The Morgan fingerprint density at radius 3 is 2.90 bits per heavy atom. The molecule has 1 fully saturated rings. The van der Waals surface area contributed by atoms with E-state index in [2.05, 4.69) is 4.74 Å². The van der Waals surface area contributed by atoms with Gasteiger partial charge in [-0.1, -0.05) is 18.9 Å². The van der Waals surface area contributed by atoms with Crippen LogP contribution in [0.25, 0.3) is 0 Å². The Balaban J connectivity index is 2.17. The zero-order valence-electron chi connectivity index (χ0n) is 11.8. The van der Waals surface area contributed by atoms with Gasteiger partial charge < -0.3 is 15.4 Å². The Kier molecular flexibility index (Phi) is 5.50. The second-order valence-electron chi connectivity index (χ2n) is 5.14. The van der Waals surface area contributed by atoms with Gasteiger partial charge in [-0.05, 0) is 31.0 Å². The fourth-order valence-electron chi connectivity index (χ4n) is 2.66. The lowest BCUT2D eigenvalue weighted by Crippen LogP contribution is -2.44. The molecule has 1 saturated heterocycles. The second kappa shape index (κ2) is 7.36. The second-order valence-corrected chi connectivity index (χ2v) is 5.14. The van der Waals surface area contributed by atoms with Gasteiger partial charge in [0.25, 0.3) is 5.91 Å². The zero-order chi connectivity index (χ0) is 15.2. The lowest BCUT2D eigenvalue weighted by atomic mass is 10.1. The number of hydrogen-bond acceptors (Lipinski definition) is 3. The van der Waals surface area contributed by atoms with Crippen LogP contribution in [0.2, 0.25) is 0 Å². The summed E-state index contributed by atoms with van der Waals surface area (Å²) in [5.74, 6) is -0.179. The third-order valence-electron chi connectivity index (χ3n) is 3.72. The number of alkyl halides is 2. The molecule has 2 N–H and O–H groups in total. The molecule has 1 aliphatic rings. The highest BCUT2D eigenvalue weighted by Crippen LogP contribution is 2.21. The van der Waals surface area contributed by atoms with E-state index in [0.29, 0.717) is 18.7 Å². The average Bonchev–Trinajstić information content (AvgIpc) is 2.71. The molecule has 1 heterocycles. The number of carbonyl (C=O) groups is 1. The van der Waals surface area contributed by atoms with Crippen LogP contribution in [0.15, 0.2) is 24.3 Å². The summed E-state index contributed by atoms with van der Waals surface area (Å²) in [5, 5.41) is 0. The summed E-state index contributed by atoms with van der Waals surface area (Å²) in [6, 6.07) is 5.93. The number of amides is 1. The smallest absolute Gasteiger partial charge is 0.387 e. The minimum Gasteiger partial charge on any atom is -0.435 e. The van der Waals surface area contributed by atoms with E-state index >= 15 is 0 Å². The quantitative estimate of drug-likeness (QED) is 0.929. The van der Waals surface area contributed by atoms with Crippen molar-refractivity contribution in [3.63, 3.8) is 0 Å². The van der Waals surface area contributed by atoms with Crippen molar-refractivity contribution < 1.29 is 18.3 Å². The van der Waals surface area contributed by atoms with Crippen LogP contribution in [0.3, 0.4) is 0 Å². The first-order chi connectivity index (χ1) is 10.1. The molecule has 0 aliphatic carbocycles. The van der Waals surface area contributed by atoms with Crippen molar-refractivity contribution >= 4 is 5.91 Å². The third kappa shape index (κ3) is 4.14. The van der Waals surface area contributed by atoms with Crippen LogP contribution in [0.4, 0.5) is 8.78 Å². The van der Waals surface area contributed by atoms with Crippen LogP contribution in [-0.4, -0.2) is 36.5 Å². The van der Waals surface area contributed by atoms with Crippen molar-refractivity contribution in [2.24, 2.45) is 5.73 Å². The molecule has 1 aliphatic heterocycles. The molecule has 1 aromatic carbocycles. The highest BCUT2D eigenvalue weighted by atomic mass is 19.3. The molecule has 0 spiro atoms. The van der Waals surface area contributed by atoms with Crippen LogP contribution in [0.1, 0.15) is 36.0 Å². The van der Waals surface area contributed by atoms with Gasteiger partial charge in [-0.25, -0.2) is 0 Å². The van der Waals surface area contributed by atoms with E-state index in [1.54, 1.807) is 17.0 Å². The van der Waals surface area contributed by atoms with Crippen molar-refractivity contribution in [1.29, 1.82) is 0 Å². The fraction of sp³-hybridized carbons (Fsp3) is 0.533. The SMILES string of the molecule is NCC1CCCCCN1C(=O)c1cccc(OC(F)F)c1. The molecule has 0 bridgehead atoms. The molecule has 1 unspecified atom stereocenters. The molecular weight excluding hydrogens is 278 g/mol. The van der Waals surface area contributed by atoms with Gasteiger partial charge in [0.15, 0.2) is 0 Å². The molecule has 4 nitrogen and oxygen atoms in total. The maximum atomic E-state index is 12.6. The largest absolute Gasteiger partial charge is 0.435 e. The molecule has 1 aromatic rings. The minimum absolute atomic E-state index is 0.00466. The molecule has 1 atom stereocenters. The maximum absolute atomic E-state index is 12.6. The number of nitrogens with two attached hydrogens (primary N) is 1. The van der Waals surface area contributed by atoms with Crippen molar-refractivity contribution in [3.05, 3.63) is 29.8 Å². The summed E-state index contributed by atoms with van der Waals surface area (Å²) >= 11 is 0. The fourth-order valence-corrected chi connectivity index (χ4v) is 2.66. The monoisotopic (exact) mass is 298 g/mol. The van der Waals surface area contributed by atoms with Gasteiger partial charge in [0.2, 0.25) is 0 Å². The van der Waals surface area contributed by atoms with Crippen molar-refractivity contribution in [2.45, 2.75) is 38.3 Å². The predicted octanol–water partition coefficient (Wildman–Crippen LogP) is 2.63. The molecule has 0 radical (unpaired) electrons. The summed E-state index contributed by atoms with van der Waals surface area (Å²) in [4.78, 5) is 14.3. The van der Waals surface area contributed by atoms with E-state index in [-0.39, 0.29) is 17.7 Å². The first-order valence-electron chi connectivity index (χ1n) is 7.17. The Bertz CT molecular complexity index is 482. The third-order valence-corrected chi connectivity index (χ3v) is 3.72. The molecule has 2 rings (SSSR count). The van der Waals surface area contributed by atoms with Crippen molar-refractivity contribution in [2.75, 3.05) is 13.1 Å². The van der Waals surface area contributed by atoms with E-state index in [1.165, 1.54) is 12.1 Å². The minimum atomic E-state index is -2.90. The molecule has 6 heteroatoms. The standard InChI is InChI=1S/C15H20F2N2O2/c16-15(17)21-13-7-4-5-11(9-13)14(20)19-8-3-1-2-6-12(19)10-18/h4-5,7,9,12,15H,1-3,6,8,10,18H2. The van der Waals surface area contributed by atoms with E-state index < -0.39 is 6.61 Å². The Hall–Kier alpha value is -1.69. The van der Waals surface area contributed by atoms with Crippen LogP contribution in [0.5, 0.6) is 5.75 Å². The Morgan fingerprint density at radius 2 is 2.19 bits per heavy atom. The number of ether oxygens (including phenoxy) is 1. The number of likely N-dealkylation sites (tertiary alicyclic amines) is 1. The van der Waals surface area contributed by atoms with E-state index in [0.717, 1.165) is 25.7 Å². The van der Waals surface area contributed by atoms with E-state index in [1.807, 2.05) is 0 Å². The first kappa shape index (κ1) is 15.7. The summed E-state index contributed by atoms with van der Waals surface area (Å²) in [5.41, 5.74) is 6.11. The summed E-state index contributed by atoms with van der Waals surface area (Å²) in [6.45, 7) is -1.83. The highest BCUT2D eigenvalue weighted by molar-refractivity contribution is 5.94. The number of carbonyl (C=O) groups excluding carboxylic acids is 1. The van der Waals surface area contributed by atoms with Gasteiger partial charge >= 0.3 is 6.61 Å². The molecular formula is C15H20F2N2O2. The van der Waals surface area contributed by atoms with Gasteiger partial charge in [-0.3, -0.25) is 4.79 Å². The molecule has 0 saturated carbocycles. The van der Waals surface area contributed by atoms with Gasteiger partial charge in [-0.2, -0.15) is 8.78 Å². The lowest BCUT2D eigenvalue weighted by Gasteiger charge is -2.29. The van der Waals surface area contributed by atoms with Crippen molar-refractivity contribution in [1.82, 2.24) is 4.90 Å². The zero-order valence-corrected chi connectivity index (χ0v) is 11.8. The number of rotatable bonds is 4. The summed E-state index contributed by atoms with van der Waals surface area (Å²) in [7, 11) is 0. The predicted molar refractivity (Wildman–Crippen MR) is 75.4 cm³/mol. The van der Waals surface area contributed by atoms with Gasteiger partial charge in [0.1, 0.15) is 5.75 Å². The lowest BCUT2D eigenvalue weighted by molar-refractivity contribution is -0.0499. The highest BCUT2D eigenvalue weighted by Gasteiger charge is 2.25. The van der Waals surface area contributed by atoms with Gasteiger partial charge in [-0.15, -0.1) is 0 Å². The molecule has 0 aromatic heterocycles. The van der Waals surface area contributed by atoms with E-state index in [4.69, 9.17) is 5.73 Å². The van der Waals surface area contributed by atoms with Crippen molar-refractivity contribution in [3.8, 4) is 5.75 Å². The van der Waals surface area contributed by atoms with Gasteiger partial charge in [0.05, 0.1) is 0 Å². The Morgan fingerprint density at radius 1 is 1.38 bits per heavy atom. The molecule has 1 amide bonds. The maximum Gasteiger partial charge on any atom is 0.387 e. The van der Waals surface area contributed by atoms with Crippen LogP contribution >= 0.6 is 0 Å². The van der Waals surface area contributed by atoms with Crippen LogP contribution in [-0.2, 0) is 0 Å². The molecule has 116 valence electrons. The average molecular weight is 298 g/mol. The first-order valence-corrected chi connectivity index (χ1v) is 7.17. The number of halogens is 2. The Labute approximate surface area is 122 Å². The van der Waals surface area contributed by atoms with Crippen LogP contribution in [0, 0.1) is 0 Å². The molecule has 21 heavy (non-hydrogen) atoms. The van der Waals surface area contributed by atoms with Crippen LogP contribution < -0.4 is 10.5 Å². The summed E-state index contributed by atoms with van der Waals surface area (Å²) in [6.07, 6.45) is 3.96.